The maximum absolute atomic E-state index is 12.5. The summed E-state index contributed by atoms with van der Waals surface area (Å²) in [4.78, 5) is 15.5. The fourth-order valence-corrected chi connectivity index (χ4v) is 1.60. The normalized spacial score (nSPS) is 11.3. The van der Waals surface area contributed by atoms with Gasteiger partial charge >= 0.3 is 6.18 Å². The highest BCUT2D eigenvalue weighted by molar-refractivity contribution is 5.90. The molecule has 0 saturated carbocycles. The molecule has 7 heteroatoms. The number of nitrogens with zero attached hydrogens (tertiary/aromatic N) is 1. The first-order valence-corrected chi connectivity index (χ1v) is 5.79. The lowest BCUT2D eigenvalue weighted by atomic mass is 10.2. The van der Waals surface area contributed by atoms with Crippen molar-refractivity contribution in [2.75, 3.05) is 5.32 Å². The van der Waals surface area contributed by atoms with Crippen LogP contribution >= 0.6 is 0 Å². The molecule has 2 rings (SSSR count). The van der Waals surface area contributed by atoms with Gasteiger partial charge in [0.15, 0.2) is 6.39 Å². The number of alkyl halides is 3. The van der Waals surface area contributed by atoms with Crippen LogP contribution in [-0.2, 0) is 17.4 Å². The number of oxazole rings is 1. The molecule has 0 atom stereocenters. The molecule has 1 aromatic carbocycles. The van der Waals surface area contributed by atoms with E-state index in [1.54, 1.807) is 0 Å². The molecule has 0 bridgehead atoms. The van der Waals surface area contributed by atoms with Gasteiger partial charge in [-0.3, -0.25) is 4.79 Å². The van der Waals surface area contributed by atoms with Gasteiger partial charge in [-0.2, -0.15) is 13.2 Å². The molecule has 106 valence electrons. The van der Waals surface area contributed by atoms with E-state index in [9.17, 15) is 18.0 Å². The number of rotatable bonds is 4. The molecule has 2 aromatic rings. The second-order valence-electron chi connectivity index (χ2n) is 4.11. The van der Waals surface area contributed by atoms with Crippen LogP contribution in [0.1, 0.15) is 17.7 Å². The van der Waals surface area contributed by atoms with E-state index >= 15 is 0 Å². The second-order valence-corrected chi connectivity index (χ2v) is 4.11. The van der Waals surface area contributed by atoms with E-state index in [-0.39, 0.29) is 18.0 Å². The third-order valence-electron chi connectivity index (χ3n) is 2.57. The fraction of sp³-hybridized carbons (Fsp3) is 0.231. The average molecular weight is 284 g/mol. The van der Waals surface area contributed by atoms with E-state index in [0.717, 1.165) is 12.1 Å². The molecule has 20 heavy (non-hydrogen) atoms. The third kappa shape index (κ3) is 3.84. The van der Waals surface area contributed by atoms with E-state index in [4.69, 9.17) is 4.42 Å². The first kappa shape index (κ1) is 14.1. The molecule has 1 heterocycles. The van der Waals surface area contributed by atoms with Gasteiger partial charge in [-0.05, 0) is 18.2 Å². The van der Waals surface area contributed by atoms with Crippen molar-refractivity contribution < 1.29 is 22.4 Å². The molecule has 0 aliphatic rings. The number of aryl methyl sites for hydroxylation is 1. The first-order valence-electron chi connectivity index (χ1n) is 5.79. The molecule has 0 unspecified atom stereocenters. The maximum Gasteiger partial charge on any atom is 0.416 e. The van der Waals surface area contributed by atoms with E-state index < -0.39 is 11.7 Å². The van der Waals surface area contributed by atoms with Crippen molar-refractivity contribution in [2.45, 2.75) is 19.0 Å². The Morgan fingerprint density at radius 2 is 2.15 bits per heavy atom. The number of carbonyl (C=O) groups is 1. The summed E-state index contributed by atoms with van der Waals surface area (Å²) in [5.41, 5.74) is -0.0685. The summed E-state index contributed by atoms with van der Waals surface area (Å²) in [7, 11) is 0. The molecule has 0 saturated heterocycles. The second kappa shape index (κ2) is 5.77. The Morgan fingerprint density at radius 3 is 2.80 bits per heavy atom. The standard InChI is InChI=1S/C13H11F3N2O2/c14-13(15,16)9-2-1-3-10(6-9)18-12(19)5-4-11-7-20-8-17-11/h1-3,6-8H,4-5H2,(H,18,19). The number of amides is 1. The van der Waals surface area contributed by atoms with Crippen molar-refractivity contribution >= 4 is 11.6 Å². The Bertz CT molecular complexity index is 580. The summed E-state index contributed by atoms with van der Waals surface area (Å²) in [6, 6.07) is 4.50. The molecule has 0 fully saturated rings. The Hall–Kier alpha value is -2.31. The smallest absolute Gasteiger partial charge is 0.416 e. The number of halogens is 3. The van der Waals surface area contributed by atoms with Gasteiger partial charge in [0.05, 0.1) is 11.3 Å². The quantitative estimate of drug-likeness (QED) is 0.937. The SMILES string of the molecule is O=C(CCc1cocn1)Nc1cccc(C(F)(F)F)c1. The van der Waals surface area contributed by atoms with Crippen LogP contribution in [0, 0.1) is 0 Å². The van der Waals surface area contributed by atoms with Gasteiger partial charge in [-0.15, -0.1) is 0 Å². The van der Waals surface area contributed by atoms with Gasteiger partial charge in [0.25, 0.3) is 0 Å². The van der Waals surface area contributed by atoms with Gasteiger partial charge in [0.1, 0.15) is 6.26 Å². The summed E-state index contributed by atoms with van der Waals surface area (Å²) in [6.07, 6.45) is -1.29. The molecule has 4 nitrogen and oxygen atoms in total. The summed E-state index contributed by atoms with van der Waals surface area (Å²) in [6.45, 7) is 0. The van der Waals surface area contributed by atoms with Crippen molar-refractivity contribution in [3.05, 3.63) is 48.2 Å². The molecule has 1 amide bonds. The number of aromatic nitrogens is 1. The molecule has 0 radical (unpaired) electrons. The molecular weight excluding hydrogens is 273 g/mol. The van der Waals surface area contributed by atoms with Crippen LogP contribution in [-0.4, -0.2) is 10.9 Å². The van der Waals surface area contributed by atoms with E-state index in [1.165, 1.54) is 24.8 Å². The van der Waals surface area contributed by atoms with Crippen LogP contribution in [0.15, 0.2) is 41.3 Å². The van der Waals surface area contributed by atoms with Crippen molar-refractivity contribution in [1.29, 1.82) is 0 Å². The lowest BCUT2D eigenvalue weighted by Crippen LogP contribution is -2.13. The summed E-state index contributed by atoms with van der Waals surface area (Å²) < 4.78 is 42.3. The molecule has 0 aliphatic carbocycles. The van der Waals surface area contributed by atoms with Gasteiger partial charge < -0.3 is 9.73 Å². The summed E-state index contributed by atoms with van der Waals surface area (Å²) in [5.74, 6) is -0.382. The minimum Gasteiger partial charge on any atom is -0.451 e. The van der Waals surface area contributed by atoms with Gasteiger partial charge in [0, 0.05) is 18.5 Å². The fourth-order valence-electron chi connectivity index (χ4n) is 1.60. The number of benzene rings is 1. The highest BCUT2D eigenvalue weighted by Gasteiger charge is 2.30. The Balaban J connectivity index is 1.94. The first-order chi connectivity index (χ1) is 9.45. The topological polar surface area (TPSA) is 55.1 Å². The number of anilines is 1. The van der Waals surface area contributed by atoms with Crippen LogP contribution in [0.2, 0.25) is 0 Å². The molecule has 1 N–H and O–H groups in total. The molecule has 0 aliphatic heterocycles. The lowest BCUT2D eigenvalue weighted by Gasteiger charge is -2.09. The maximum atomic E-state index is 12.5. The predicted molar refractivity (Wildman–Crippen MR) is 64.9 cm³/mol. The summed E-state index contributed by atoms with van der Waals surface area (Å²) >= 11 is 0. The van der Waals surface area contributed by atoms with E-state index in [0.29, 0.717) is 12.1 Å². The Labute approximate surface area is 112 Å². The van der Waals surface area contributed by atoms with Gasteiger partial charge in [-0.1, -0.05) is 6.07 Å². The van der Waals surface area contributed by atoms with Gasteiger partial charge in [-0.25, -0.2) is 4.98 Å². The predicted octanol–water partition coefficient (Wildman–Crippen LogP) is 3.26. The largest absolute Gasteiger partial charge is 0.451 e. The van der Waals surface area contributed by atoms with Crippen LogP contribution in [0.3, 0.4) is 0 Å². The third-order valence-corrected chi connectivity index (χ3v) is 2.57. The number of hydrogen-bond acceptors (Lipinski definition) is 3. The number of hydrogen-bond donors (Lipinski definition) is 1. The van der Waals surface area contributed by atoms with Gasteiger partial charge in [0.2, 0.25) is 5.91 Å². The van der Waals surface area contributed by atoms with Crippen LogP contribution in [0.5, 0.6) is 0 Å². The highest BCUT2D eigenvalue weighted by atomic mass is 19.4. The van der Waals surface area contributed by atoms with E-state index in [1.807, 2.05) is 0 Å². The molecule has 0 spiro atoms. The van der Waals surface area contributed by atoms with Crippen LogP contribution in [0.25, 0.3) is 0 Å². The lowest BCUT2D eigenvalue weighted by molar-refractivity contribution is -0.137. The highest BCUT2D eigenvalue weighted by Crippen LogP contribution is 2.30. The molecule has 1 aromatic heterocycles. The zero-order chi connectivity index (χ0) is 14.6. The van der Waals surface area contributed by atoms with Crippen LogP contribution in [0.4, 0.5) is 18.9 Å². The van der Waals surface area contributed by atoms with Crippen molar-refractivity contribution in [3.63, 3.8) is 0 Å². The van der Waals surface area contributed by atoms with E-state index in [2.05, 4.69) is 10.3 Å². The van der Waals surface area contributed by atoms with Crippen molar-refractivity contribution in [2.24, 2.45) is 0 Å². The number of carbonyl (C=O) groups excluding carboxylic acids is 1. The minimum absolute atomic E-state index is 0.114. The summed E-state index contributed by atoms with van der Waals surface area (Å²) in [5, 5.41) is 2.42. The molecular formula is C13H11F3N2O2. The van der Waals surface area contributed by atoms with Crippen molar-refractivity contribution in [3.8, 4) is 0 Å². The van der Waals surface area contributed by atoms with Crippen LogP contribution < -0.4 is 5.32 Å². The zero-order valence-corrected chi connectivity index (χ0v) is 10.3. The Kier molecular flexibility index (Phi) is 4.07. The monoisotopic (exact) mass is 284 g/mol. The Morgan fingerprint density at radius 1 is 1.35 bits per heavy atom. The average Bonchev–Trinajstić information content (AvgIpc) is 2.89. The van der Waals surface area contributed by atoms with Crippen molar-refractivity contribution in [1.82, 2.24) is 4.98 Å². The number of nitrogens with one attached hydrogen (secondary N) is 1. The minimum atomic E-state index is -4.43. The zero-order valence-electron chi connectivity index (χ0n) is 10.3.